The predicted octanol–water partition coefficient (Wildman–Crippen LogP) is 1.08. The molecular formula is C12H8O2Se. The van der Waals surface area contributed by atoms with Crippen molar-refractivity contribution in [3.63, 3.8) is 0 Å². The van der Waals surface area contributed by atoms with E-state index in [0.717, 1.165) is 11.1 Å². The van der Waals surface area contributed by atoms with Gasteiger partial charge in [-0.05, 0) is 0 Å². The molecule has 2 aromatic rings. The minimum absolute atomic E-state index is 0.495. The van der Waals surface area contributed by atoms with Gasteiger partial charge >= 0.3 is 89.0 Å². The van der Waals surface area contributed by atoms with Gasteiger partial charge in [-0.3, -0.25) is 0 Å². The van der Waals surface area contributed by atoms with Crippen molar-refractivity contribution in [3.05, 3.63) is 48.5 Å². The van der Waals surface area contributed by atoms with Gasteiger partial charge in [0.05, 0.1) is 0 Å². The molecule has 1 heterocycles. The third-order valence-electron chi connectivity index (χ3n) is 2.64. The van der Waals surface area contributed by atoms with E-state index >= 15 is 0 Å². The molecule has 0 aromatic heterocycles. The van der Waals surface area contributed by atoms with Crippen LogP contribution in [-0.4, -0.2) is 12.7 Å². The van der Waals surface area contributed by atoms with Crippen LogP contribution in [0, 0.1) is 0 Å². The van der Waals surface area contributed by atoms with Gasteiger partial charge in [-0.1, -0.05) is 0 Å². The van der Waals surface area contributed by atoms with Crippen molar-refractivity contribution in [2.75, 3.05) is 0 Å². The summed E-state index contributed by atoms with van der Waals surface area (Å²) in [4.78, 5) is 0. The first-order valence-electron chi connectivity index (χ1n) is 4.65. The Hall–Kier alpha value is -1.44. The Balaban J connectivity index is 2.53. The monoisotopic (exact) mass is 264 g/mol. The first-order valence-corrected chi connectivity index (χ1v) is 7.76. The van der Waals surface area contributed by atoms with Crippen molar-refractivity contribution in [1.29, 1.82) is 0 Å². The van der Waals surface area contributed by atoms with E-state index in [4.69, 9.17) is 0 Å². The standard InChI is InChI=1S/C12H8O2Se/c13-15(14)11-7-3-1-5-9(11)10-6-2-4-8-12(10)15/h1-8H. The second-order valence-electron chi connectivity index (χ2n) is 3.50. The van der Waals surface area contributed by atoms with E-state index in [1.165, 1.54) is 0 Å². The number of fused-ring (bicyclic) bond motifs is 3. The van der Waals surface area contributed by atoms with Crippen LogP contribution >= 0.6 is 0 Å². The zero-order valence-corrected chi connectivity index (χ0v) is 9.56. The maximum atomic E-state index is 12.1. The van der Waals surface area contributed by atoms with Gasteiger partial charge in [0, 0.05) is 0 Å². The van der Waals surface area contributed by atoms with Crippen LogP contribution in [0.4, 0.5) is 0 Å². The average molecular weight is 263 g/mol. The summed E-state index contributed by atoms with van der Waals surface area (Å²) in [6.07, 6.45) is 0. The van der Waals surface area contributed by atoms with Crippen LogP contribution < -0.4 is 8.92 Å². The quantitative estimate of drug-likeness (QED) is 0.569. The molecule has 0 N–H and O–H groups in total. The predicted molar refractivity (Wildman–Crippen MR) is 58.3 cm³/mol. The third-order valence-corrected chi connectivity index (χ3v) is 6.57. The van der Waals surface area contributed by atoms with Crippen molar-refractivity contribution in [2.45, 2.75) is 0 Å². The molecule has 0 bridgehead atoms. The van der Waals surface area contributed by atoms with Crippen LogP contribution in [0.3, 0.4) is 0 Å². The fraction of sp³-hybridized carbons (Fsp3) is 0. The topological polar surface area (TPSA) is 34.1 Å². The van der Waals surface area contributed by atoms with Gasteiger partial charge in [0.2, 0.25) is 0 Å². The molecule has 0 fully saturated rings. The molecule has 3 heteroatoms. The molecule has 3 rings (SSSR count). The van der Waals surface area contributed by atoms with Crippen molar-refractivity contribution >= 4 is 21.6 Å². The second-order valence-corrected chi connectivity index (χ2v) is 7.45. The molecule has 0 atom stereocenters. The first kappa shape index (κ1) is 8.83. The van der Waals surface area contributed by atoms with Gasteiger partial charge in [0.1, 0.15) is 0 Å². The van der Waals surface area contributed by atoms with Crippen molar-refractivity contribution in [1.82, 2.24) is 0 Å². The third kappa shape index (κ3) is 1.05. The zero-order chi connectivity index (χ0) is 10.5. The Morgan fingerprint density at radius 1 is 0.667 bits per heavy atom. The number of hydrogen-bond donors (Lipinski definition) is 0. The van der Waals surface area contributed by atoms with Gasteiger partial charge in [-0.15, -0.1) is 0 Å². The zero-order valence-electron chi connectivity index (χ0n) is 7.84. The van der Waals surface area contributed by atoms with E-state index in [9.17, 15) is 7.67 Å². The summed E-state index contributed by atoms with van der Waals surface area (Å²) < 4.78 is 25.3. The molecule has 74 valence electrons. The van der Waals surface area contributed by atoms with Gasteiger partial charge in [0.15, 0.2) is 0 Å². The van der Waals surface area contributed by atoms with Crippen LogP contribution in [0.5, 0.6) is 0 Å². The summed E-state index contributed by atoms with van der Waals surface area (Å²) >= 11 is -4.07. The average Bonchev–Trinajstić information content (AvgIpc) is 2.51. The van der Waals surface area contributed by atoms with E-state index < -0.39 is 12.7 Å². The molecule has 0 unspecified atom stereocenters. The molecule has 0 radical (unpaired) electrons. The van der Waals surface area contributed by atoms with Crippen LogP contribution in [0.15, 0.2) is 48.5 Å². The molecular weight excluding hydrogens is 255 g/mol. The first-order chi connectivity index (χ1) is 7.21. The Labute approximate surface area is 89.2 Å². The Bertz CT molecular complexity index is 591. The summed E-state index contributed by atoms with van der Waals surface area (Å²) in [6, 6.07) is 14.4. The Morgan fingerprint density at radius 3 is 1.53 bits per heavy atom. The van der Waals surface area contributed by atoms with E-state index in [0.29, 0.717) is 8.92 Å². The van der Waals surface area contributed by atoms with Crippen molar-refractivity contribution < 1.29 is 7.67 Å². The number of hydrogen-bond acceptors (Lipinski definition) is 2. The van der Waals surface area contributed by atoms with Crippen molar-refractivity contribution in [2.24, 2.45) is 0 Å². The SMILES string of the molecule is O=[Se]1(=O)c2ccccc2-c2ccccc21. The Kier molecular flexibility index (Phi) is 1.64. The summed E-state index contributed by atoms with van der Waals surface area (Å²) in [5.41, 5.74) is 1.69. The van der Waals surface area contributed by atoms with Gasteiger partial charge in [0.25, 0.3) is 0 Å². The summed E-state index contributed by atoms with van der Waals surface area (Å²) in [6.45, 7) is 0. The number of rotatable bonds is 0. The normalized spacial score (nSPS) is 15.7. The van der Waals surface area contributed by atoms with Gasteiger partial charge in [-0.2, -0.15) is 0 Å². The summed E-state index contributed by atoms with van der Waals surface area (Å²) in [5.74, 6) is 0. The maximum absolute atomic E-state index is 12.1. The molecule has 15 heavy (non-hydrogen) atoms. The second kappa shape index (κ2) is 2.78. The summed E-state index contributed by atoms with van der Waals surface area (Å²) in [7, 11) is 0. The van der Waals surface area contributed by atoms with Crippen LogP contribution in [0.1, 0.15) is 0 Å². The van der Waals surface area contributed by atoms with Crippen molar-refractivity contribution in [3.8, 4) is 11.1 Å². The molecule has 2 nitrogen and oxygen atoms in total. The van der Waals surface area contributed by atoms with Crippen LogP contribution in [-0.2, 0) is 7.67 Å². The molecule has 0 amide bonds. The van der Waals surface area contributed by atoms with Gasteiger partial charge < -0.3 is 0 Å². The molecule has 0 saturated heterocycles. The molecule has 0 saturated carbocycles. The Morgan fingerprint density at radius 2 is 1.07 bits per heavy atom. The van der Waals surface area contributed by atoms with E-state index in [2.05, 4.69) is 0 Å². The van der Waals surface area contributed by atoms with Crippen LogP contribution in [0.25, 0.3) is 11.1 Å². The number of benzene rings is 2. The molecule has 2 aromatic carbocycles. The summed E-state index contributed by atoms with van der Waals surface area (Å²) in [5, 5.41) is 0. The fourth-order valence-corrected chi connectivity index (χ4v) is 5.51. The molecule has 0 aliphatic carbocycles. The van der Waals surface area contributed by atoms with E-state index in [1.54, 1.807) is 24.3 Å². The van der Waals surface area contributed by atoms with Gasteiger partial charge in [-0.25, -0.2) is 0 Å². The minimum atomic E-state index is -4.07. The molecule has 0 spiro atoms. The molecule has 1 aliphatic heterocycles. The fourth-order valence-electron chi connectivity index (χ4n) is 1.97. The molecule has 1 aliphatic rings. The van der Waals surface area contributed by atoms with E-state index in [1.807, 2.05) is 24.3 Å². The van der Waals surface area contributed by atoms with E-state index in [-0.39, 0.29) is 0 Å². The van der Waals surface area contributed by atoms with Crippen LogP contribution in [0.2, 0.25) is 0 Å².